The van der Waals surface area contributed by atoms with Crippen LogP contribution in [-0.2, 0) is 40.6 Å². The van der Waals surface area contributed by atoms with E-state index >= 15 is 0 Å². The number of ether oxygens (including phenoxy) is 2. The summed E-state index contributed by atoms with van der Waals surface area (Å²) in [4.78, 5) is 101. The molecule has 1 aliphatic rings. The number of fused-ring (bicyclic) bond motifs is 2. The number of anilines is 2. The smallest absolute Gasteiger partial charge is 0.276 e. The number of aromatic nitrogens is 8. The zero-order valence-electron chi connectivity index (χ0n) is 38.3. The molecule has 356 valence electrons. The van der Waals surface area contributed by atoms with Crippen LogP contribution in [0.15, 0.2) is 54.7 Å². The van der Waals surface area contributed by atoms with Gasteiger partial charge in [-0.3, -0.25) is 58.5 Å². The van der Waals surface area contributed by atoms with Crippen LogP contribution in [0.2, 0.25) is 0 Å². The molecule has 5 heterocycles. The predicted octanol–water partition coefficient (Wildman–Crippen LogP) is 2.86. The van der Waals surface area contributed by atoms with E-state index in [9.17, 15) is 33.6 Å². The maximum Gasteiger partial charge on any atom is 0.276 e. The number of methoxy groups -OCH3 is 1. The highest BCUT2D eigenvalue weighted by atomic mass is 16.5. The quantitative estimate of drug-likeness (QED) is 0.0563. The summed E-state index contributed by atoms with van der Waals surface area (Å²) in [6.07, 6.45) is 5.07. The molecule has 1 aliphatic heterocycles. The van der Waals surface area contributed by atoms with Gasteiger partial charge in [0, 0.05) is 82.2 Å². The first kappa shape index (κ1) is 47.6. The molecule has 0 radical (unpaired) electrons. The Bertz CT molecular complexity index is 2980. The zero-order chi connectivity index (χ0) is 48.8. The number of aryl methyl sites for hydroxylation is 5. The maximum absolute atomic E-state index is 13.7. The van der Waals surface area contributed by atoms with E-state index < -0.39 is 35.4 Å². The summed E-state index contributed by atoms with van der Waals surface area (Å²) in [5, 5.41) is 14.5. The summed E-state index contributed by atoms with van der Waals surface area (Å²) in [6, 6.07) is 9.31. The molecular formula is C45H52N14O9. The van der Waals surface area contributed by atoms with Crippen LogP contribution in [0.25, 0.3) is 22.1 Å². The fourth-order valence-corrected chi connectivity index (χ4v) is 7.91. The number of nitrogens with two attached hydrogens (primary N) is 2. The first-order chi connectivity index (χ1) is 32.6. The van der Waals surface area contributed by atoms with Gasteiger partial charge in [0.25, 0.3) is 23.6 Å². The second kappa shape index (κ2) is 20.4. The highest BCUT2D eigenvalue weighted by Crippen LogP contribution is 2.34. The predicted molar refractivity (Wildman–Crippen MR) is 247 cm³/mol. The molecule has 0 saturated heterocycles. The van der Waals surface area contributed by atoms with Crippen molar-refractivity contribution in [3.8, 4) is 11.5 Å². The average molecular weight is 933 g/mol. The largest absolute Gasteiger partial charge is 0.494 e. The topological polar surface area (TPSA) is 292 Å². The van der Waals surface area contributed by atoms with Gasteiger partial charge in [-0.25, -0.2) is 9.97 Å². The summed E-state index contributed by atoms with van der Waals surface area (Å²) in [5.74, 6) is -2.64. The van der Waals surface area contributed by atoms with E-state index in [0.717, 1.165) is 4.90 Å². The molecular weight excluding hydrogens is 881 g/mol. The Kier molecular flexibility index (Phi) is 14.3. The van der Waals surface area contributed by atoms with Crippen molar-refractivity contribution in [1.82, 2.24) is 48.5 Å². The second-order valence-corrected chi connectivity index (χ2v) is 15.9. The second-order valence-electron chi connectivity index (χ2n) is 15.9. The van der Waals surface area contributed by atoms with E-state index in [1.54, 1.807) is 39.9 Å². The lowest BCUT2D eigenvalue weighted by atomic mass is 10.1. The van der Waals surface area contributed by atoms with Crippen molar-refractivity contribution in [3.63, 3.8) is 0 Å². The highest BCUT2D eigenvalue weighted by molar-refractivity contribution is 6.13. The molecule has 0 saturated carbocycles. The third-order valence-electron chi connectivity index (χ3n) is 11.3. The van der Waals surface area contributed by atoms with Gasteiger partial charge < -0.3 is 35.0 Å². The van der Waals surface area contributed by atoms with Crippen LogP contribution < -0.4 is 31.6 Å². The van der Waals surface area contributed by atoms with Crippen LogP contribution in [0, 0.1) is 6.92 Å². The minimum atomic E-state index is -0.734. The molecule has 23 heteroatoms. The summed E-state index contributed by atoms with van der Waals surface area (Å²) >= 11 is 0. The number of rotatable bonds is 22. The number of imide groups is 1. The zero-order valence-corrected chi connectivity index (χ0v) is 38.3. The summed E-state index contributed by atoms with van der Waals surface area (Å²) in [6.45, 7) is 7.27. The van der Waals surface area contributed by atoms with E-state index in [4.69, 9.17) is 30.9 Å². The number of carbonyl (C=O) groups excluding carboxylic acids is 7. The Balaban J connectivity index is 1.16. The van der Waals surface area contributed by atoms with Gasteiger partial charge in [0.15, 0.2) is 0 Å². The molecule has 23 nitrogen and oxygen atoms in total. The van der Waals surface area contributed by atoms with Gasteiger partial charge in [-0.05, 0) is 76.4 Å². The first-order valence-electron chi connectivity index (χ1n) is 21.9. The lowest BCUT2D eigenvalue weighted by molar-refractivity contribution is -0.138. The van der Waals surface area contributed by atoms with E-state index in [2.05, 4.69) is 20.8 Å². The lowest BCUT2D eigenvalue weighted by Crippen LogP contribution is -2.36. The average Bonchev–Trinajstić information content (AvgIpc) is 4.15. The third-order valence-corrected chi connectivity index (χ3v) is 11.3. The Morgan fingerprint density at radius 3 is 1.85 bits per heavy atom. The molecule has 4 aromatic heterocycles. The number of hydrogen-bond acceptors (Lipinski definition) is 13. The van der Waals surface area contributed by atoms with Gasteiger partial charge in [-0.1, -0.05) is 0 Å². The van der Waals surface area contributed by atoms with Crippen LogP contribution >= 0.6 is 0 Å². The van der Waals surface area contributed by atoms with Crippen molar-refractivity contribution in [1.29, 1.82) is 0 Å². The van der Waals surface area contributed by atoms with Crippen LogP contribution in [0.1, 0.15) is 86.9 Å². The highest BCUT2D eigenvalue weighted by Gasteiger charge is 2.26. The molecule has 0 aliphatic carbocycles. The van der Waals surface area contributed by atoms with E-state index in [1.807, 2.05) is 13.8 Å². The van der Waals surface area contributed by atoms with Crippen molar-refractivity contribution < 1.29 is 43.0 Å². The third kappa shape index (κ3) is 10.0. The Morgan fingerprint density at radius 1 is 0.735 bits per heavy atom. The van der Waals surface area contributed by atoms with Crippen molar-refractivity contribution in [2.24, 2.45) is 11.5 Å². The van der Waals surface area contributed by atoms with E-state index in [-0.39, 0.29) is 73.9 Å². The SMILES string of the molecule is CCn1nc(C)cc1C(=O)Nc1nc2cc(C(N)=O)cc(OC)c2n1CCCCn1c(NC(=O)c2ccnn2CC)nc2cc(C(N)=O)cc(OCCCN(C)C(=O)CCN3C(=O)C=CC3=O)c21. The number of nitrogens with one attached hydrogen (secondary N) is 2. The minimum Gasteiger partial charge on any atom is -0.494 e. The van der Waals surface area contributed by atoms with Gasteiger partial charge >= 0.3 is 0 Å². The number of primary amides is 2. The fourth-order valence-electron chi connectivity index (χ4n) is 7.91. The number of benzene rings is 2. The van der Waals surface area contributed by atoms with Gasteiger partial charge in [-0.2, -0.15) is 10.2 Å². The van der Waals surface area contributed by atoms with Crippen molar-refractivity contribution in [2.45, 2.75) is 72.6 Å². The van der Waals surface area contributed by atoms with Crippen molar-refractivity contribution in [3.05, 3.63) is 83.0 Å². The molecule has 0 fully saturated rings. The number of carbonyl (C=O) groups is 7. The molecule has 2 aromatic carbocycles. The Morgan fingerprint density at radius 2 is 1.29 bits per heavy atom. The number of unbranched alkanes of at least 4 members (excludes halogenated alkanes) is 1. The summed E-state index contributed by atoms with van der Waals surface area (Å²) < 4.78 is 18.7. The molecule has 7 amide bonds. The normalized spacial score (nSPS) is 12.3. The molecule has 6 N–H and O–H groups in total. The number of hydrogen-bond donors (Lipinski definition) is 4. The molecule has 6 aromatic rings. The van der Waals surface area contributed by atoms with Crippen LogP contribution in [0.4, 0.5) is 11.9 Å². The lowest BCUT2D eigenvalue weighted by Gasteiger charge is -2.19. The van der Waals surface area contributed by atoms with E-state index in [1.165, 1.54) is 59.3 Å². The van der Waals surface area contributed by atoms with E-state index in [0.29, 0.717) is 77.3 Å². The van der Waals surface area contributed by atoms with Gasteiger partial charge in [-0.15, -0.1) is 0 Å². The number of imidazole rings is 2. The number of nitrogens with zero attached hydrogens (tertiary/aromatic N) is 10. The monoisotopic (exact) mass is 932 g/mol. The van der Waals surface area contributed by atoms with Crippen LogP contribution in [0.3, 0.4) is 0 Å². The van der Waals surface area contributed by atoms with Crippen LogP contribution in [-0.4, -0.2) is 124 Å². The van der Waals surface area contributed by atoms with Crippen molar-refractivity contribution >= 4 is 75.3 Å². The molecule has 68 heavy (non-hydrogen) atoms. The fraction of sp³-hybridized carbons (Fsp3) is 0.356. The maximum atomic E-state index is 13.7. The first-order valence-corrected chi connectivity index (χ1v) is 21.9. The van der Waals surface area contributed by atoms with Gasteiger partial charge in [0.05, 0.1) is 30.4 Å². The molecule has 0 bridgehead atoms. The molecule has 7 rings (SSSR count). The molecule has 0 atom stereocenters. The summed E-state index contributed by atoms with van der Waals surface area (Å²) in [5.41, 5.74) is 14.6. The molecule has 0 unspecified atom stereocenters. The van der Waals surface area contributed by atoms with Crippen molar-refractivity contribution in [2.75, 3.05) is 44.5 Å². The Labute approximate surface area is 389 Å². The van der Waals surface area contributed by atoms with Gasteiger partial charge in [0.2, 0.25) is 29.6 Å². The number of amides is 7. The Hall–Kier alpha value is -8.37. The standard InChI is InChI=1S/C45H52N14O9/c1-6-58-31(13-15-48-58)42(65)51-44-50-30-23-28(41(47)64)25-34(68-20-10-16-54(4)35(60)14-19-55-36(61)11-12-37(55)62)39(30)57(44)18-9-8-17-56-38-29(22-27(40(46)63)24-33(38)67-5)49-45(56)52-43(66)32-21-26(3)53-59(32)7-2/h11-13,15,21-25H,6-10,14,16-20H2,1-5H3,(H2,46,63)(H2,47,64)(H,49,52,66)(H,50,51,65). The van der Waals surface area contributed by atoms with Crippen LogP contribution in [0.5, 0.6) is 11.5 Å². The summed E-state index contributed by atoms with van der Waals surface area (Å²) in [7, 11) is 3.06. The van der Waals surface area contributed by atoms with Gasteiger partial charge in [0.1, 0.15) is 33.9 Å². The minimum absolute atomic E-state index is 0.0412. The molecule has 0 spiro atoms.